The van der Waals surface area contributed by atoms with Gasteiger partial charge in [-0.3, -0.25) is 0 Å². The molecule has 0 bridgehead atoms. The zero-order chi connectivity index (χ0) is 11.3. The Morgan fingerprint density at radius 3 is 2.53 bits per heavy atom. The fourth-order valence-corrected chi connectivity index (χ4v) is 1.97. The van der Waals surface area contributed by atoms with E-state index in [2.05, 4.69) is 10.3 Å². The molecule has 3 N–H and O–H groups in total. The molecule has 0 saturated heterocycles. The predicted octanol–water partition coefficient (Wildman–Crippen LogP) is 0.675. The van der Waals surface area contributed by atoms with Gasteiger partial charge in [0.15, 0.2) is 0 Å². The molecule has 1 rings (SSSR count). The minimum atomic E-state index is -0.584. The lowest BCUT2D eigenvalue weighted by Gasteiger charge is -2.29. The van der Waals surface area contributed by atoms with Gasteiger partial charge in [0.1, 0.15) is 5.01 Å². The Bertz CT molecular complexity index is 289. The van der Waals surface area contributed by atoms with Crippen LogP contribution in [0.15, 0.2) is 5.38 Å². The highest BCUT2D eigenvalue weighted by atomic mass is 32.1. The van der Waals surface area contributed by atoms with Gasteiger partial charge in [-0.2, -0.15) is 0 Å². The van der Waals surface area contributed by atoms with Crippen LogP contribution in [0.5, 0.6) is 0 Å². The third kappa shape index (κ3) is 3.24. The highest BCUT2D eigenvalue weighted by Gasteiger charge is 2.25. The molecule has 0 aliphatic heterocycles. The van der Waals surface area contributed by atoms with Gasteiger partial charge < -0.3 is 15.5 Å². The maximum atomic E-state index is 9.22. The van der Waals surface area contributed by atoms with Crippen LogP contribution in [0.1, 0.15) is 24.0 Å². The van der Waals surface area contributed by atoms with Gasteiger partial charge in [0.2, 0.25) is 0 Å². The molecule has 0 spiro atoms. The van der Waals surface area contributed by atoms with E-state index in [0.29, 0.717) is 13.0 Å². The second kappa shape index (κ2) is 5.55. The van der Waals surface area contributed by atoms with E-state index >= 15 is 0 Å². The Balaban J connectivity index is 2.54. The standard InChI is InChI=1S/C10H18N2O2S/c1-3-10(6-13,7-14)11-4-9-12-8(2)5-15-9/h5,11,13-14H,3-4,6-7H2,1-2H3. The number of aliphatic hydroxyl groups excluding tert-OH is 2. The van der Waals surface area contributed by atoms with Crippen molar-refractivity contribution in [2.24, 2.45) is 0 Å². The summed E-state index contributed by atoms with van der Waals surface area (Å²) in [4.78, 5) is 4.31. The first-order valence-corrected chi connectivity index (χ1v) is 5.91. The van der Waals surface area contributed by atoms with Crippen LogP contribution in [0.4, 0.5) is 0 Å². The molecule has 0 amide bonds. The zero-order valence-corrected chi connectivity index (χ0v) is 9.97. The van der Waals surface area contributed by atoms with Crippen LogP contribution in [0, 0.1) is 6.92 Å². The number of rotatable bonds is 6. The molecule has 4 nitrogen and oxygen atoms in total. The molecule has 0 aromatic carbocycles. The predicted molar refractivity (Wildman–Crippen MR) is 60.9 cm³/mol. The first-order valence-electron chi connectivity index (χ1n) is 5.03. The fraction of sp³-hybridized carbons (Fsp3) is 0.700. The topological polar surface area (TPSA) is 65.4 Å². The monoisotopic (exact) mass is 230 g/mol. The number of thiazole rings is 1. The van der Waals surface area contributed by atoms with Crippen molar-refractivity contribution in [1.82, 2.24) is 10.3 Å². The molecule has 15 heavy (non-hydrogen) atoms. The van der Waals surface area contributed by atoms with Crippen LogP contribution in [-0.2, 0) is 6.54 Å². The van der Waals surface area contributed by atoms with Gasteiger partial charge in [-0.15, -0.1) is 11.3 Å². The fourth-order valence-electron chi connectivity index (χ4n) is 1.26. The van der Waals surface area contributed by atoms with Gasteiger partial charge in [0.05, 0.1) is 18.8 Å². The average molecular weight is 230 g/mol. The molecule has 1 heterocycles. The van der Waals surface area contributed by atoms with Crippen molar-refractivity contribution in [2.75, 3.05) is 13.2 Å². The molecule has 0 radical (unpaired) electrons. The molecule has 0 aliphatic rings. The normalized spacial score (nSPS) is 12.0. The highest BCUT2D eigenvalue weighted by molar-refractivity contribution is 7.09. The van der Waals surface area contributed by atoms with Gasteiger partial charge in [-0.05, 0) is 13.3 Å². The molecule has 5 heteroatoms. The van der Waals surface area contributed by atoms with Crippen molar-refractivity contribution in [3.05, 3.63) is 16.1 Å². The molecular formula is C10H18N2O2S. The van der Waals surface area contributed by atoms with Crippen molar-refractivity contribution < 1.29 is 10.2 Å². The number of hydrogen-bond acceptors (Lipinski definition) is 5. The molecule has 0 unspecified atom stereocenters. The van der Waals surface area contributed by atoms with E-state index in [0.717, 1.165) is 10.7 Å². The lowest BCUT2D eigenvalue weighted by molar-refractivity contribution is 0.0864. The van der Waals surface area contributed by atoms with E-state index < -0.39 is 5.54 Å². The van der Waals surface area contributed by atoms with E-state index in [1.807, 2.05) is 19.2 Å². The smallest absolute Gasteiger partial charge is 0.107 e. The number of aliphatic hydroxyl groups is 2. The minimum Gasteiger partial charge on any atom is -0.394 e. The Morgan fingerprint density at radius 1 is 1.47 bits per heavy atom. The lowest BCUT2D eigenvalue weighted by atomic mass is 9.99. The highest BCUT2D eigenvalue weighted by Crippen LogP contribution is 2.13. The van der Waals surface area contributed by atoms with Gasteiger partial charge in [0, 0.05) is 17.6 Å². The molecule has 0 aliphatic carbocycles. The second-order valence-corrected chi connectivity index (χ2v) is 4.63. The third-order valence-electron chi connectivity index (χ3n) is 2.56. The maximum Gasteiger partial charge on any atom is 0.107 e. The quantitative estimate of drug-likeness (QED) is 0.672. The molecule has 0 fully saturated rings. The van der Waals surface area contributed by atoms with Crippen molar-refractivity contribution in [3.63, 3.8) is 0 Å². The lowest BCUT2D eigenvalue weighted by Crippen LogP contribution is -2.50. The summed E-state index contributed by atoms with van der Waals surface area (Å²) in [6, 6.07) is 0. The van der Waals surface area contributed by atoms with E-state index in [1.165, 1.54) is 0 Å². The van der Waals surface area contributed by atoms with Crippen molar-refractivity contribution in [2.45, 2.75) is 32.4 Å². The summed E-state index contributed by atoms with van der Waals surface area (Å²) in [5.41, 5.74) is 0.423. The average Bonchev–Trinajstić information content (AvgIpc) is 2.67. The Kier molecular flexibility index (Phi) is 4.66. The number of nitrogens with zero attached hydrogens (tertiary/aromatic N) is 1. The number of aromatic nitrogens is 1. The first kappa shape index (κ1) is 12.6. The number of aryl methyl sites for hydroxylation is 1. The maximum absolute atomic E-state index is 9.22. The van der Waals surface area contributed by atoms with E-state index in [1.54, 1.807) is 11.3 Å². The SMILES string of the molecule is CCC(CO)(CO)NCc1nc(C)cs1. The number of hydrogen-bond donors (Lipinski definition) is 3. The van der Waals surface area contributed by atoms with Gasteiger partial charge in [-0.1, -0.05) is 6.92 Å². The molecule has 1 aromatic rings. The molecule has 1 aromatic heterocycles. The second-order valence-electron chi connectivity index (χ2n) is 3.69. The van der Waals surface area contributed by atoms with Crippen LogP contribution in [0.2, 0.25) is 0 Å². The van der Waals surface area contributed by atoms with Crippen molar-refractivity contribution in [3.8, 4) is 0 Å². The van der Waals surface area contributed by atoms with E-state index in [4.69, 9.17) is 0 Å². The van der Waals surface area contributed by atoms with Crippen molar-refractivity contribution in [1.29, 1.82) is 0 Å². The Labute approximate surface area is 94.0 Å². The van der Waals surface area contributed by atoms with Crippen LogP contribution >= 0.6 is 11.3 Å². The zero-order valence-electron chi connectivity index (χ0n) is 9.16. The van der Waals surface area contributed by atoms with Gasteiger partial charge in [0.25, 0.3) is 0 Å². The van der Waals surface area contributed by atoms with Crippen LogP contribution in [0.25, 0.3) is 0 Å². The Morgan fingerprint density at radius 2 is 2.13 bits per heavy atom. The summed E-state index contributed by atoms with van der Waals surface area (Å²) in [6.45, 7) is 4.35. The van der Waals surface area contributed by atoms with E-state index in [-0.39, 0.29) is 13.2 Å². The van der Waals surface area contributed by atoms with Crippen LogP contribution < -0.4 is 5.32 Å². The van der Waals surface area contributed by atoms with Gasteiger partial charge in [-0.25, -0.2) is 4.98 Å². The number of nitrogens with one attached hydrogen (secondary N) is 1. The summed E-state index contributed by atoms with van der Waals surface area (Å²) in [5, 5.41) is 24.6. The van der Waals surface area contributed by atoms with Gasteiger partial charge >= 0.3 is 0 Å². The summed E-state index contributed by atoms with van der Waals surface area (Å²) in [5.74, 6) is 0. The Hall–Kier alpha value is -0.490. The first-order chi connectivity index (χ1) is 7.15. The molecular weight excluding hydrogens is 212 g/mol. The largest absolute Gasteiger partial charge is 0.394 e. The van der Waals surface area contributed by atoms with Crippen molar-refractivity contribution >= 4 is 11.3 Å². The molecule has 0 atom stereocenters. The third-order valence-corrected chi connectivity index (χ3v) is 3.53. The summed E-state index contributed by atoms with van der Waals surface area (Å²) >= 11 is 1.58. The minimum absolute atomic E-state index is 0.0651. The van der Waals surface area contributed by atoms with Crippen LogP contribution in [0.3, 0.4) is 0 Å². The summed E-state index contributed by atoms with van der Waals surface area (Å²) < 4.78 is 0. The molecule has 86 valence electrons. The van der Waals surface area contributed by atoms with E-state index in [9.17, 15) is 10.2 Å². The molecule has 0 saturated carbocycles. The summed E-state index contributed by atoms with van der Waals surface area (Å²) in [6.07, 6.45) is 0.685. The van der Waals surface area contributed by atoms with Crippen LogP contribution in [-0.4, -0.2) is 33.9 Å². The summed E-state index contributed by atoms with van der Waals surface area (Å²) in [7, 11) is 0.